The van der Waals surface area contributed by atoms with Crippen molar-refractivity contribution in [1.29, 1.82) is 0 Å². The van der Waals surface area contributed by atoms with Gasteiger partial charge in [0.15, 0.2) is 11.5 Å². The van der Waals surface area contributed by atoms with Gasteiger partial charge in [0, 0.05) is 24.2 Å². The lowest BCUT2D eigenvalue weighted by Crippen LogP contribution is -2.35. The average Bonchev–Trinajstić information content (AvgIpc) is 3.21. The quantitative estimate of drug-likeness (QED) is 0.915. The van der Waals surface area contributed by atoms with Gasteiger partial charge in [0.25, 0.3) is 5.91 Å². The van der Waals surface area contributed by atoms with E-state index >= 15 is 0 Å². The minimum absolute atomic E-state index is 0.0785. The second-order valence-corrected chi connectivity index (χ2v) is 5.04. The normalized spacial score (nSPS) is 14.2. The first-order valence-electron chi connectivity index (χ1n) is 6.83. The fourth-order valence-corrected chi connectivity index (χ4v) is 2.22. The Bertz CT molecular complexity index is 635. The standard InChI is InChI=1S/C15H15FN2O3/c16-11-3-1-10(2-4-11)14-9-13(17-21-14)15(20)18(7-8-19)12-5-6-12/h1-4,9,12,19H,5-8H2. The smallest absolute Gasteiger partial charge is 0.276 e. The van der Waals surface area contributed by atoms with Crippen molar-refractivity contribution in [3.8, 4) is 11.3 Å². The summed E-state index contributed by atoms with van der Waals surface area (Å²) in [6, 6.07) is 7.51. The second-order valence-electron chi connectivity index (χ2n) is 5.04. The number of carbonyl (C=O) groups is 1. The van der Waals surface area contributed by atoms with Crippen molar-refractivity contribution in [1.82, 2.24) is 10.1 Å². The van der Waals surface area contributed by atoms with E-state index in [1.54, 1.807) is 23.1 Å². The predicted molar refractivity (Wildman–Crippen MR) is 73.0 cm³/mol. The van der Waals surface area contributed by atoms with E-state index in [-0.39, 0.29) is 30.1 Å². The van der Waals surface area contributed by atoms with Gasteiger partial charge in [-0.2, -0.15) is 0 Å². The molecule has 0 aliphatic heterocycles. The first kappa shape index (κ1) is 13.8. The van der Waals surface area contributed by atoms with Crippen molar-refractivity contribution >= 4 is 5.91 Å². The third-order valence-electron chi connectivity index (χ3n) is 3.45. The Balaban J connectivity index is 1.80. The number of hydrogen-bond acceptors (Lipinski definition) is 4. The van der Waals surface area contributed by atoms with Gasteiger partial charge in [-0.1, -0.05) is 5.16 Å². The summed E-state index contributed by atoms with van der Waals surface area (Å²) in [4.78, 5) is 14.0. The fourth-order valence-electron chi connectivity index (χ4n) is 2.22. The highest BCUT2D eigenvalue weighted by molar-refractivity contribution is 5.93. The van der Waals surface area contributed by atoms with Crippen LogP contribution in [0.5, 0.6) is 0 Å². The van der Waals surface area contributed by atoms with E-state index < -0.39 is 0 Å². The largest absolute Gasteiger partial charge is 0.395 e. The molecule has 1 aromatic carbocycles. The summed E-state index contributed by atoms with van der Waals surface area (Å²) in [5.41, 5.74) is 0.859. The maximum Gasteiger partial charge on any atom is 0.276 e. The third-order valence-corrected chi connectivity index (χ3v) is 3.45. The van der Waals surface area contributed by atoms with E-state index in [9.17, 15) is 9.18 Å². The lowest BCUT2D eigenvalue weighted by molar-refractivity contribution is 0.0697. The topological polar surface area (TPSA) is 66.6 Å². The molecule has 3 rings (SSSR count). The minimum atomic E-state index is -0.336. The molecule has 0 saturated heterocycles. The fraction of sp³-hybridized carbons (Fsp3) is 0.333. The number of aliphatic hydroxyl groups is 1. The molecule has 5 nitrogen and oxygen atoms in total. The molecule has 0 radical (unpaired) electrons. The van der Waals surface area contributed by atoms with Gasteiger partial charge in [0.2, 0.25) is 0 Å². The van der Waals surface area contributed by atoms with Gasteiger partial charge in [-0.3, -0.25) is 4.79 Å². The number of aliphatic hydroxyl groups excluding tert-OH is 1. The van der Waals surface area contributed by atoms with Gasteiger partial charge in [-0.05, 0) is 37.1 Å². The summed E-state index contributed by atoms with van der Waals surface area (Å²) in [5, 5.41) is 12.8. The van der Waals surface area contributed by atoms with E-state index in [0.29, 0.717) is 17.9 Å². The molecule has 1 N–H and O–H groups in total. The van der Waals surface area contributed by atoms with Gasteiger partial charge in [0.05, 0.1) is 6.61 Å². The zero-order valence-corrected chi connectivity index (χ0v) is 11.3. The van der Waals surface area contributed by atoms with E-state index in [4.69, 9.17) is 9.63 Å². The lowest BCUT2D eigenvalue weighted by Gasteiger charge is -2.19. The molecule has 1 aliphatic rings. The van der Waals surface area contributed by atoms with Crippen LogP contribution < -0.4 is 0 Å². The van der Waals surface area contributed by atoms with Crippen LogP contribution in [0.25, 0.3) is 11.3 Å². The molecule has 1 aromatic heterocycles. The van der Waals surface area contributed by atoms with Crippen LogP contribution in [0.15, 0.2) is 34.9 Å². The molecule has 1 aliphatic carbocycles. The molecule has 2 aromatic rings. The summed E-state index contributed by atoms with van der Waals surface area (Å²) >= 11 is 0. The first-order valence-corrected chi connectivity index (χ1v) is 6.83. The Morgan fingerprint density at radius 2 is 2.10 bits per heavy atom. The highest BCUT2D eigenvalue weighted by Gasteiger charge is 2.33. The summed E-state index contributed by atoms with van der Waals surface area (Å²) in [6.45, 7) is 0.215. The Morgan fingerprint density at radius 3 is 2.71 bits per heavy atom. The Hall–Kier alpha value is -2.21. The molecule has 1 amide bonds. The third kappa shape index (κ3) is 2.95. The first-order chi connectivity index (χ1) is 10.2. The Kier molecular flexibility index (Phi) is 3.70. The molecule has 1 heterocycles. The molecule has 0 atom stereocenters. The summed E-state index contributed by atoms with van der Waals surface area (Å²) < 4.78 is 18.0. The zero-order valence-electron chi connectivity index (χ0n) is 11.3. The molecule has 1 fully saturated rings. The SMILES string of the molecule is O=C(c1cc(-c2ccc(F)cc2)on1)N(CCO)C1CC1. The number of carbonyl (C=O) groups excluding carboxylic acids is 1. The van der Waals surface area contributed by atoms with Gasteiger partial charge in [0.1, 0.15) is 5.82 Å². The molecular weight excluding hydrogens is 275 g/mol. The number of nitrogens with zero attached hydrogens (tertiary/aromatic N) is 2. The number of hydrogen-bond donors (Lipinski definition) is 1. The van der Waals surface area contributed by atoms with Crippen LogP contribution >= 0.6 is 0 Å². The highest BCUT2D eigenvalue weighted by atomic mass is 19.1. The molecule has 0 spiro atoms. The molecule has 1 saturated carbocycles. The van der Waals surface area contributed by atoms with E-state index in [1.807, 2.05) is 0 Å². The Labute approximate surface area is 121 Å². The molecule has 0 bridgehead atoms. The van der Waals surface area contributed by atoms with Crippen molar-refractivity contribution in [2.45, 2.75) is 18.9 Å². The van der Waals surface area contributed by atoms with Crippen molar-refractivity contribution in [3.05, 3.63) is 41.8 Å². The number of aromatic nitrogens is 1. The highest BCUT2D eigenvalue weighted by Crippen LogP contribution is 2.28. The van der Waals surface area contributed by atoms with Crippen molar-refractivity contribution in [2.75, 3.05) is 13.2 Å². The van der Waals surface area contributed by atoms with Gasteiger partial charge < -0.3 is 14.5 Å². The number of benzene rings is 1. The minimum Gasteiger partial charge on any atom is -0.395 e. The molecule has 0 unspecified atom stereocenters. The zero-order chi connectivity index (χ0) is 14.8. The van der Waals surface area contributed by atoms with Crippen LogP contribution in [-0.2, 0) is 0 Å². The Morgan fingerprint density at radius 1 is 1.38 bits per heavy atom. The maximum atomic E-state index is 12.9. The van der Waals surface area contributed by atoms with Crippen molar-refractivity contribution < 1.29 is 18.8 Å². The predicted octanol–water partition coefficient (Wildman–Crippen LogP) is 2.08. The summed E-state index contributed by atoms with van der Waals surface area (Å²) in [7, 11) is 0. The van der Waals surface area contributed by atoms with E-state index in [1.165, 1.54) is 12.1 Å². The van der Waals surface area contributed by atoms with Crippen LogP contribution in [0.4, 0.5) is 4.39 Å². The lowest BCUT2D eigenvalue weighted by atomic mass is 10.1. The van der Waals surface area contributed by atoms with Crippen molar-refractivity contribution in [2.24, 2.45) is 0 Å². The molecule has 21 heavy (non-hydrogen) atoms. The van der Waals surface area contributed by atoms with Crippen LogP contribution in [-0.4, -0.2) is 40.3 Å². The number of amides is 1. The second kappa shape index (κ2) is 5.65. The maximum absolute atomic E-state index is 12.9. The van der Waals surface area contributed by atoms with Crippen LogP contribution in [0.1, 0.15) is 23.3 Å². The van der Waals surface area contributed by atoms with Crippen LogP contribution in [0, 0.1) is 5.82 Å². The number of halogens is 1. The van der Waals surface area contributed by atoms with Gasteiger partial charge in [-0.25, -0.2) is 4.39 Å². The van der Waals surface area contributed by atoms with E-state index in [2.05, 4.69) is 5.16 Å². The summed E-state index contributed by atoms with van der Waals surface area (Å²) in [6.07, 6.45) is 1.91. The van der Waals surface area contributed by atoms with Gasteiger partial charge >= 0.3 is 0 Å². The summed E-state index contributed by atoms with van der Waals surface area (Å²) in [5.74, 6) is -0.167. The van der Waals surface area contributed by atoms with Crippen LogP contribution in [0.3, 0.4) is 0 Å². The average molecular weight is 290 g/mol. The molecule has 6 heteroatoms. The van der Waals surface area contributed by atoms with Crippen LogP contribution in [0.2, 0.25) is 0 Å². The van der Waals surface area contributed by atoms with E-state index in [0.717, 1.165) is 12.8 Å². The number of rotatable bonds is 5. The molecular formula is C15H15FN2O3. The van der Waals surface area contributed by atoms with Gasteiger partial charge in [-0.15, -0.1) is 0 Å². The monoisotopic (exact) mass is 290 g/mol. The van der Waals surface area contributed by atoms with Crippen molar-refractivity contribution in [3.63, 3.8) is 0 Å². The molecule has 110 valence electrons.